The van der Waals surface area contributed by atoms with E-state index >= 15 is 0 Å². The van der Waals surface area contributed by atoms with E-state index in [9.17, 15) is 4.79 Å². The van der Waals surface area contributed by atoms with Crippen LogP contribution in [-0.2, 0) is 4.74 Å². The number of ether oxygens (including phenoxy) is 1. The Morgan fingerprint density at radius 2 is 1.81 bits per heavy atom. The van der Waals surface area contributed by atoms with Crippen LogP contribution in [0.5, 0.6) is 0 Å². The minimum atomic E-state index is -0.453. The molecule has 1 N–H and O–H groups in total. The summed E-state index contributed by atoms with van der Waals surface area (Å²) in [6.45, 7) is 23.7. The Morgan fingerprint density at radius 1 is 1.15 bits per heavy atom. The summed E-state index contributed by atoms with van der Waals surface area (Å²) in [5, 5.41) is 3.63. The van der Waals surface area contributed by atoms with Gasteiger partial charge in [0.05, 0.1) is 0 Å². The number of amides is 1. The zero-order valence-corrected chi connectivity index (χ0v) is 18.9. The van der Waals surface area contributed by atoms with E-state index in [-0.39, 0.29) is 17.2 Å². The molecule has 27 heavy (non-hydrogen) atoms. The third-order valence-corrected chi connectivity index (χ3v) is 6.14. The van der Waals surface area contributed by atoms with Crippen molar-refractivity contribution in [1.29, 1.82) is 0 Å². The molecule has 158 valence electrons. The number of nitrogens with zero attached hydrogens (tertiary/aromatic N) is 3. The molecule has 6 heteroatoms. The number of likely N-dealkylation sites (N-methyl/N-ethyl adjacent to an activating group) is 2. The summed E-state index contributed by atoms with van der Waals surface area (Å²) in [5.41, 5.74) is -0.340. The molecule has 0 radical (unpaired) electrons. The van der Waals surface area contributed by atoms with Crippen LogP contribution in [0.25, 0.3) is 0 Å². The van der Waals surface area contributed by atoms with Crippen molar-refractivity contribution in [3.8, 4) is 0 Å². The maximum atomic E-state index is 12.7. The lowest BCUT2D eigenvalue weighted by Crippen LogP contribution is -2.68. The molecule has 0 spiro atoms. The molecule has 0 bridgehead atoms. The van der Waals surface area contributed by atoms with Crippen molar-refractivity contribution in [2.75, 3.05) is 45.8 Å². The zero-order chi connectivity index (χ0) is 20.5. The second kappa shape index (κ2) is 8.26. The standard InChI is InChI=1S/C21H42N4O2/c1-9-24-12-11-23(18(26)27-19(3,4)5)16-21(24,8)13-17-14-22-15-20(6,7)25(17)10-2/h17,22H,9-16H2,1-8H3. The molecular formula is C21H42N4O2. The summed E-state index contributed by atoms with van der Waals surface area (Å²) < 4.78 is 5.65. The van der Waals surface area contributed by atoms with Crippen LogP contribution in [0.2, 0.25) is 0 Å². The Hall–Kier alpha value is -0.850. The van der Waals surface area contributed by atoms with Gasteiger partial charge in [0.1, 0.15) is 5.60 Å². The van der Waals surface area contributed by atoms with Crippen molar-refractivity contribution in [3.05, 3.63) is 0 Å². The summed E-state index contributed by atoms with van der Waals surface area (Å²) in [7, 11) is 0. The SMILES string of the molecule is CCN1C(CC2(C)CN(C(=O)OC(C)(C)C)CCN2CC)CNCC1(C)C. The third kappa shape index (κ3) is 5.36. The molecular weight excluding hydrogens is 340 g/mol. The first kappa shape index (κ1) is 22.4. The topological polar surface area (TPSA) is 48.1 Å². The fraction of sp³-hybridized carbons (Fsp3) is 0.952. The summed E-state index contributed by atoms with van der Waals surface area (Å²) in [6.07, 6.45) is 0.864. The first-order valence-electron chi connectivity index (χ1n) is 10.6. The van der Waals surface area contributed by atoms with Gasteiger partial charge in [0.2, 0.25) is 0 Å². The predicted octanol–water partition coefficient (Wildman–Crippen LogP) is 2.78. The Balaban J connectivity index is 2.16. The molecule has 2 saturated heterocycles. The number of piperazine rings is 2. The highest BCUT2D eigenvalue weighted by atomic mass is 16.6. The summed E-state index contributed by atoms with van der Waals surface area (Å²) >= 11 is 0. The quantitative estimate of drug-likeness (QED) is 0.810. The van der Waals surface area contributed by atoms with Gasteiger partial charge in [0.15, 0.2) is 0 Å². The van der Waals surface area contributed by atoms with E-state index in [4.69, 9.17) is 4.74 Å². The molecule has 2 heterocycles. The number of nitrogens with one attached hydrogen (secondary N) is 1. The molecule has 2 unspecified atom stereocenters. The number of rotatable bonds is 4. The van der Waals surface area contributed by atoms with Crippen LogP contribution in [-0.4, -0.2) is 89.3 Å². The highest BCUT2D eigenvalue weighted by molar-refractivity contribution is 5.68. The van der Waals surface area contributed by atoms with Gasteiger partial charge in [0, 0.05) is 49.8 Å². The van der Waals surface area contributed by atoms with Crippen molar-refractivity contribution in [2.24, 2.45) is 0 Å². The molecule has 0 aromatic heterocycles. The first-order chi connectivity index (χ1) is 12.4. The molecule has 2 fully saturated rings. The highest BCUT2D eigenvalue weighted by Crippen LogP contribution is 2.32. The molecule has 0 aliphatic carbocycles. The Kier molecular flexibility index (Phi) is 6.86. The van der Waals surface area contributed by atoms with Gasteiger partial charge in [-0.3, -0.25) is 9.80 Å². The van der Waals surface area contributed by atoms with Crippen LogP contribution in [0.1, 0.15) is 61.8 Å². The maximum absolute atomic E-state index is 12.7. The monoisotopic (exact) mass is 382 g/mol. The van der Waals surface area contributed by atoms with Crippen LogP contribution >= 0.6 is 0 Å². The molecule has 1 amide bonds. The van der Waals surface area contributed by atoms with Gasteiger partial charge >= 0.3 is 6.09 Å². The molecule has 0 aromatic rings. The van der Waals surface area contributed by atoms with E-state index in [0.717, 1.165) is 52.2 Å². The van der Waals surface area contributed by atoms with Crippen molar-refractivity contribution < 1.29 is 9.53 Å². The molecule has 6 nitrogen and oxygen atoms in total. The van der Waals surface area contributed by atoms with Gasteiger partial charge in [0.25, 0.3) is 0 Å². The van der Waals surface area contributed by atoms with E-state index in [1.807, 2.05) is 25.7 Å². The fourth-order valence-electron chi connectivity index (χ4n) is 4.94. The Bertz CT molecular complexity index is 517. The summed E-state index contributed by atoms with van der Waals surface area (Å²) in [4.78, 5) is 19.8. The van der Waals surface area contributed by atoms with Crippen molar-refractivity contribution in [3.63, 3.8) is 0 Å². The Morgan fingerprint density at radius 3 is 2.37 bits per heavy atom. The van der Waals surface area contributed by atoms with E-state index in [2.05, 4.69) is 49.7 Å². The Labute approximate surface area is 166 Å². The van der Waals surface area contributed by atoms with Crippen molar-refractivity contribution in [2.45, 2.75) is 84.5 Å². The fourth-order valence-corrected chi connectivity index (χ4v) is 4.94. The zero-order valence-electron chi connectivity index (χ0n) is 18.9. The predicted molar refractivity (Wildman–Crippen MR) is 111 cm³/mol. The summed E-state index contributed by atoms with van der Waals surface area (Å²) in [5.74, 6) is 0. The molecule has 2 aliphatic heterocycles. The minimum Gasteiger partial charge on any atom is -0.444 e. The lowest BCUT2D eigenvalue weighted by Gasteiger charge is -2.54. The first-order valence-corrected chi connectivity index (χ1v) is 10.6. The molecule has 2 atom stereocenters. The smallest absolute Gasteiger partial charge is 0.410 e. The molecule has 2 rings (SSSR count). The van der Waals surface area contributed by atoms with Crippen LogP contribution in [0.15, 0.2) is 0 Å². The number of hydrogen-bond acceptors (Lipinski definition) is 5. The van der Waals surface area contributed by atoms with E-state index in [1.165, 1.54) is 0 Å². The van der Waals surface area contributed by atoms with Gasteiger partial charge in [-0.15, -0.1) is 0 Å². The van der Waals surface area contributed by atoms with Crippen molar-refractivity contribution >= 4 is 6.09 Å². The lowest BCUT2D eigenvalue weighted by atomic mass is 9.84. The molecule has 2 aliphatic rings. The number of carbonyl (C=O) groups excluding carboxylic acids is 1. The second-order valence-corrected chi connectivity index (χ2v) is 10.1. The van der Waals surface area contributed by atoms with Crippen LogP contribution in [0, 0.1) is 0 Å². The van der Waals surface area contributed by atoms with E-state index in [0.29, 0.717) is 6.04 Å². The largest absolute Gasteiger partial charge is 0.444 e. The molecule has 0 aromatic carbocycles. The van der Waals surface area contributed by atoms with Gasteiger partial charge in [-0.2, -0.15) is 0 Å². The van der Waals surface area contributed by atoms with Crippen LogP contribution < -0.4 is 5.32 Å². The average Bonchev–Trinajstić information content (AvgIpc) is 2.52. The number of carbonyl (C=O) groups is 1. The summed E-state index contributed by atoms with van der Waals surface area (Å²) in [6, 6.07) is 0.469. The van der Waals surface area contributed by atoms with Gasteiger partial charge in [-0.25, -0.2) is 4.79 Å². The van der Waals surface area contributed by atoms with Crippen LogP contribution in [0.4, 0.5) is 4.79 Å². The van der Waals surface area contributed by atoms with Gasteiger partial charge in [-0.1, -0.05) is 13.8 Å². The second-order valence-electron chi connectivity index (χ2n) is 10.1. The third-order valence-electron chi connectivity index (χ3n) is 6.14. The van der Waals surface area contributed by atoms with Gasteiger partial charge < -0.3 is 15.0 Å². The normalized spacial score (nSPS) is 30.4. The lowest BCUT2D eigenvalue weighted by molar-refractivity contribution is -0.0440. The minimum absolute atomic E-state index is 0.0446. The average molecular weight is 383 g/mol. The van der Waals surface area contributed by atoms with E-state index in [1.54, 1.807) is 0 Å². The number of hydrogen-bond donors (Lipinski definition) is 1. The van der Waals surface area contributed by atoms with Crippen LogP contribution in [0.3, 0.4) is 0 Å². The maximum Gasteiger partial charge on any atom is 0.410 e. The molecule has 0 saturated carbocycles. The highest BCUT2D eigenvalue weighted by Gasteiger charge is 2.44. The van der Waals surface area contributed by atoms with Gasteiger partial charge in [-0.05, 0) is 61.1 Å². The van der Waals surface area contributed by atoms with E-state index < -0.39 is 5.60 Å². The van der Waals surface area contributed by atoms with Crippen molar-refractivity contribution in [1.82, 2.24) is 20.0 Å².